The van der Waals surface area contributed by atoms with Gasteiger partial charge < -0.3 is 49.5 Å². The number of methoxy groups -OCH3 is 1. The van der Waals surface area contributed by atoms with E-state index in [9.17, 15) is 15.3 Å². The molecule has 6 atom stereocenters. The lowest BCUT2D eigenvalue weighted by molar-refractivity contribution is -0.0396. The molecular formula is C56H94N6O4. The minimum Gasteiger partial charge on any atom is -0.497 e. The van der Waals surface area contributed by atoms with Crippen molar-refractivity contribution >= 4 is 0 Å². The van der Waals surface area contributed by atoms with Gasteiger partial charge in [-0.2, -0.15) is 0 Å². The Labute approximate surface area is 402 Å². The summed E-state index contributed by atoms with van der Waals surface area (Å²) in [6, 6.07) is 26.8. The van der Waals surface area contributed by atoms with E-state index in [1.54, 1.807) is 7.11 Å². The van der Waals surface area contributed by atoms with Crippen molar-refractivity contribution in [2.75, 3.05) is 126 Å². The summed E-state index contributed by atoms with van der Waals surface area (Å²) in [4.78, 5) is 14.6. The van der Waals surface area contributed by atoms with E-state index < -0.39 is 16.8 Å². The maximum atomic E-state index is 11.2. The van der Waals surface area contributed by atoms with E-state index in [2.05, 4.69) is 154 Å². The minimum atomic E-state index is -0.782. The van der Waals surface area contributed by atoms with E-state index in [0.29, 0.717) is 12.3 Å². The Balaban J connectivity index is 0.000000217. The molecule has 3 aromatic rings. The van der Waals surface area contributed by atoms with Crippen molar-refractivity contribution in [1.82, 2.24) is 29.4 Å². The second kappa shape index (κ2) is 27.3. The molecule has 0 radical (unpaired) electrons. The van der Waals surface area contributed by atoms with Crippen LogP contribution in [-0.2, 0) is 17.6 Å². The summed E-state index contributed by atoms with van der Waals surface area (Å²) in [6.45, 7) is 31.2. The zero-order valence-electron chi connectivity index (χ0n) is 43.5. The predicted molar refractivity (Wildman–Crippen MR) is 276 cm³/mol. The summed E-state index contributed by atoms with van der Waals surface area (Å²) in [5.41, 5.74) is 2.61. The van der Waals surface area contributed by atoms with Crippen molar-refractivity contribution in [2.45, 2.75) is 104 Å². The fraction of sp³-hybridized carbons (Fsp3) is 0.679. The van der Waals surface area contributed by atoms with Crippen LogP contribution in [0.15, 0.2) is 78.9 Å². The third kappa shape index (κ3) is 16.7. The molecule has 6 rings (SSSR count). The largest absolute Gasteiger partial charge is 0.497 e. The van der Waals surface area contributed by atoms with Gasteiger partial charge in [0.15, 0.2) is 0 Å². The van der Waals surface area contributed by atoms with Gasteiger partial charge in [-0.15, -0.1) is 0 Å². The Bertz CT molecular complexity index is 1740. The van der Waals surface area contributed by atoms with E-state index in [1.165, 1.54) is 11.1 Å². The normalized spacial score (nSPS) is 21.4. The molecule has 0 bridgehead atoms. The maximum absolute atomic E-state index is 11.2. The SMILES string of the molecule is CCC(O)(CCCc1ccccc1)C(C)CN1CCN(C)CC1.CCC(O)(c1ccc(C)cc1)C(C)CN1CCN(C)CC1.CCC(O)(c1ccc(OC)cc1)C(C)CN1CCN(C)CC1. The van der Waals surface area contributed by atoms with E-state index in [4.69, 9.17) is 4.74 Å². The Morgan fingerprint density at radius 1 is 0.515 bits per heavy atom. The molecule has 0 spiro atoms. The fourth-order valence-electron chi connectivity index (χ4n) is 10.1. The first-order valence-corrected chi connectivity index (χ1v) is 25.6. The molecule has 3 aliphatic rings. The summed E-state index contributed by atoms with van der Waals surface area (Å²) in [5.74, 6) is 1.57. The Morgan fingerprint density at radius 3 is 1.26 bits per heavy atom. The number of rotatable bonds is 19. The summed E-state index contributed by atoms with van der Waals surface area (Å²) >= 11 is 0. The van der Waals surface area contributed by atoms with Crippen molar-refractivity contribution in [3.8, 4) is 5.75 Å². The highest BCUT2D eigenvalue weighted by Gasteiger charge is 2.37. The van der Waals surface area contributed by atoms with E-state index in [0.717, 1.165) is 147 Å². The number of aryl methyl sites for hydroxylation is 2. The molecule has 0 amide bonds. The van der Waals surface area contributed by atoms with Gasteiger partial charge in [-0.3, -0.25) is 0 Å². The molecule has 6 unspecified atom stereocenters. The Kier molecular flexibility index (Phi) is 23.1. The molecule has 372 valence electrons. The Hall–Kier alpha value is -2.90. The van der Waals surface area contributed by atoms with Crippen LogP contribution < -0.4 is 4.74 Å². The van der Waals surface area contributed by atoms with Gasteiger partial charge in [-0.25, -0.2) is 0 Å². The number of likely N-dealkylation sites (N-methyl/N-ethyl adjacent to an activating group) is 3. The summed E-state index contributed by atoms with van der Waals surface area (Å²) in [5, 5.41) is 33.5. The van der Waals surface area contributed by atoms with Crippen LogP contribution in [0.1, 0.15) is 95.9 Å². The number of aliphatic hydroxyl groups is 3. The maximum Gasteiger partial charge on any atom is 0.118 e. The molecule has 0 saturated carbocycles. The van der Waals surface area contributed by atoms with Crippen molar-refractivity contribution in [2.24, 2.45) is 17.8 Å². The van der Waals surface area contributed by atoms with Gasteiger partial charge in [0.25, 0.3) is 0 Å². The Morgan fingerprint density at radius 2 is 0.894 bits per heavy atom. The predicted octanol–water partition coefficient (Wildman–Crippen LogP) is 7.69. The van der Waals surface area contributed by atoms with Gasteiger partial charge >= 0.3 is 0 Å². The third-order valence-corrected chi connectivity index (χ3v) is 15.7. The minimum absolute atomic E-state index is 0.189. The topological polar surface area (TPSA) is 89.4 Å². The first kappa shape index (κ1) is 55.7. The molecule has 3 aromatic carbocycles. The van der Waals surface area contributed by atoms with Gasteiger partial charge in [0.2, 0.25) is 0 Å². The van der Waals surface area contributed by atoms with Crippen molar-refractivity contribution < 1.29 is 20.1 Å². The lowest BCUT2D eigenvalue weighted by Gasteiger charge is -2.39. The molecule has 3 fully saturated rings. The first-order chi connectivity index (χ1) is 31.5. The van der Waals surface area contributed by atoms with Crippen molar-refractivity contribution in [1.29, 1.82) is 0 Å². The molecule has 3 heterocycles. The standard InChI is InChI=1S/C20H34N2O.C18H30N2O2.C18H30N2O/c1-4-20(23,12-8-11-19-9-6-5-7-10-19)18(2)17-22-15-13-21(3)14-16-22;1-5-18(21,16-6-8-17(22-4)9-7-16)15(2)14-20-12-10-19(3)11-13-20;1-5-18(21,17-8-6-15(2)7-9-17)16(3)14-20-12-10-19(4)11-13-20/h5-7,9-10,18,23H,4,8,11-17H2,1-3H3;6-9,15,21H,5,10-14H2,1-4H3;6-9,16,21H,5,10-14H2,1-4H3. The number of nitrogens with zero attached hydrogens (tertiary/aromatic N) is 6. The van der Waals surface area contributed by atoms with Crippen molar-refractivity contribution in [3.05, 3.63) is 101 Å². The van der Waals surface area contributed by atoms with Crippen LogP contribution in [0.2, 0.25) is 0 Å². The molecule has 3 saturated heterocycles. The van der Waals surface area contributed by atoms with Crippen LogP contribution >= 0.6 is 0 Å². The van der Waals surface area contributed by atoms with Crippen molar-refractivity contribution in [3.63, 3.8) is 0 Å². The highest BCUT2D eigenvalue weighted by atomic mass is 16.5. The lowest BCUT2D eigenvalue weighted by atomic mass is 9.79. The third-order valence-electron chi connectivity index (χ3n) is 15.7. The summed E-state index contributed by atoms with van der Waals surface area (Å²) in [7, 11) is 8.19. The second-order valence-electron chi connectivity index (χ2n) is 20.5. The van der Waals surface area contributed by atoms with Gasteiger partial charge in [-0.1, -0.05) is 114 Å². The van der Waals surface area contributed by atoms with Gasteiger partial charge in [0.1, 0.15) is 5.75 Å². The highest BCUT2D eigenvalue weighted by Crippen LogP contribution is 2.36. The van der Waals surface area contributed by atoms with Gasteiger partial charge in [-0.05, 0) is 101 Å². The summed E-state index contributed by atoms with van der Waals surface area (Å²) in [6.07, 6.45) is 5.33. The second-order valence-corrected chi connectivity index (χ2v) is 20.5. The van der Waals surface area contributed by atoms with E-state index >= 15 is 0 Å². The van der Waals surface area contributed by atoms with Crippen LogP contribution in [-0.4, -0.2) is 177 Å². The number of benzene rings is 3. The van der Waals surface area contributed by atoms with Crippen LogP contribution in [0, 0.1) is 24.7 Å². The number of ether oxygens (including phenoxy) is 1. The number of hydrogen-bond acceptors (Lipinski definition) is 10. The number of piperazine rings is 3. The molecule has 10 heteroatoms. The molecule has 3 N–H and O–H groups in total. The smallest absolute Gasteiger partial charge is 0.118 e. The monoisotopic (exact) mass is 915 g/mol. The lowest BCUT2D eigenvalue weighted by Crippen LogP contribution is -2.49. The van der Waals surface area contributed by atoms with Crippen LogP contribution in [0.3, 0.4) is 0 Å². The molecule has 66 heavy (non-hydrogen) atoms. The molecular weight excluding hydrogens is 821 g/mol. The molecule has 0 aliphatic carbocycles. The highest BCUT2D eigenvalue weighted by molar-refractivity contribution is 5.31. The average molecular weight is 915 g/mol. The molecule has 10 nitrogen and oxygen atoms in total. The molecule has 3 aliphatic heterocycles. The quantitative estimate of drug-likeness (QED) is 0.111. The van der Waals surface area contributed by atoms with Gasteiger partial charge in [0, 0.05) is 110 Å². The van der Waals surface area contributed by atoms with Gasteiger partial charge in [0.05, 0.1) is 23.9 Å². The zero-order chi connectivity index (χ0) is 48.3. The average Bonchev–Trinajstić information content (AvgIpc) is 3.34. The first-order valence-electron chi connectivity index (χ1n) is 25.6. The molecule has 0 aromatic heterocycles. The van der Waals surface area contributed by atoms with Crippen LogP contribution in [0.4, 0.5) is 0 Å². The van der Waals surface area contributed by atoms with E-state index in [1.807, 2.05) is 24.3 Å². The zero-order valence-corrected chi connectivity index (χ0v) is 43.5. The van der Waals surface area contributed by atoms with Crippen LogP contribution in [0.5, 0.6) is 5.75 Å². The number of hydrogen-bond donors (Lipinski definition) is 3. The fourth-order valence-corrected chi connectivity index (χ4v) is 10.1. The van der Waals surface area contributed by atoms with Crippen LogP contribution in [0.25, 0.3) is 0 Å². The summed E-state index contributed by atoms with van der Waals surface area (Å²) < 4.78 is 5.21. The van der Waals surface area contributed by atoms with E-state index in [-0.39, 0.29) is 11.8 Å².